The third-order valence-electron chi connectivity index (χ3n) is 0.879. The minimum atomic E-state index is -6.09. The van der Waals surface area contributed by atoms with Crippen molar-refractivity contribution in [1.29, 1.82) is 0 Å². The van der Waals surface area contributed by atoms with Crippen LogP contribution in [0.3, 0.4) is 0 Å². The summed E-state index contributed by atoms with van der Waals surface area (Å²) in [4.78, 5) is 0. The van der Waals surface area contributed by atoms with E-state index in [0.717, 1.165) is 0 Å². The van der Waals surface area contributed by atoms with Gasteiger partial charge in [0.2, 0.25) is 0 Å². The normalized spacial score (nSPS) is 16.0. The molecule has 0 aliphatic carbocycles. The van der Waals surface area contributed by atoms with Crippen LogP contribution < -0.4 is 0 Å². The van der Waals surface area contributed by atoms with Crippen LogP contribution >= 0.6 is 10.9 Å². The Kier molecular flexibility index (Phi) is 5.41. The van der Waals surface area contributed by atoms with Gasteiger partial charge in [0.25, 0.3) is 0 Å². The van der Waals surface area contributed by atoms with Crippen molar-refractivity contribution in [3.05, 3.63) is 0 Å². The summed E-state index contributed by atoms with van der Waals surface area (Å²) in [6, 6.07) is 0. The van der Waals surface area contributed by atoms with Crippen molar-refractivity contribution in [2.24, 2.45) is 0 Å². The molecule has 0 heterocycles. The van der Waals surface area contributed by atoms with Crippen LogP contribution in [0.5, 0.6) is 0 Å². The number of hydrogen-bond donors (Lipinski definition) is 2. The van der Waals surface area contributed by atoms with Crippen molar-refractivity contribution in [3.8, 4) is 0 Å². The summed E-state index contributed by atoms with van der Waals surface area (Å²) >= 11 is -3.74. The summed E-state index contributed by atoms with van der Waals surface area (Å²) in [6.45, 7) is 0. The van der Waals surface area contributed by atoms with Gasteiger partial charge in [0.1, 0.15) is 0 Å². The standard InChI is InChI=1S/CH3F3O3S.CHF3O3S.Sn/c2*2-1(3,4)8(5,6)7;/h5-7H;(H,5,6,7);/q;;+2/p-2. The topological polar surface area (TPSA) is 93.1 Å². The van der Waals surface area contributed by atoms with Gasteiger partial charge in [-0.15, -0.1) is 0 Å². The van der Waals surface area contributed by atoms with Crippen molar-refractivity contribution in [3.63, 3.8) is 0 Å². The first-order valence-corrected chi connectivity index (χ1v) is 8.19. The van der Waals surface area contributed by atoms with E-state index in [1.54, 1.807) is 0 Å². The molecule has 6 nitrogen and oxygen atoms in total. The van der Waals surface area contributed by atoms with Gasteiger partial charge in [-0.2, -0.15) is 0 Å². The molecular weight excluding hydrogens is 417 g/mol. The van der Waals surface area contributed by atoms with Crippen LogP contribution in [-0.2, 0) is 15.2 Å². The first-order chi connectivity index (χ1) is 7.21. The SMILES string of the molecule is O=S(=O)([O][Sn][O]S(O)(O)C(F)(F)F)C(F)(F)F. The van der Waals surface area contributed by atoms with Crippen LogP contribution in [0, 0.1) is 0 Å². The van der Waals surface area contributed by atoms with Crippen LogP contribution in [0.4, 0.5) is 26.3 Å². The van der Waals surface area contributed by atoms with Crippen molar-refractivity contribution < 1.29 is 48.9 Å². The van der Waals surface area contributed by atoms with Gasteiger partial charge in [-0.3, -0.25) is 0 Å². The van der Waals surface area contributed by atoms with Crippen LogP contribution in [-0.4, -0.2) is 50.5 Å². The van der Waals surface area contributed by atoms with Gasteiger partial charge in [0.15, 0.2) is 0 Å². The van der Waals surface area contributed by atoms with Crippen LogP contribution in [0.1, 0.15) is 0 Å². The molecule has 0 atom stereocenters. The molecule has 2 radical (unpaired) electrons. The Morgan fingerprint density at radius 3 is 1.59 bits per heavy atom. The molecule has 0 saturated heterocycles. The van der Waals surface area contributed by atoms with Crippen LogP contribution in [0.15, 0.2) is 0 Å². The molecule has 0 aromatic rings. The van der Waals surface area contributed by atoms with Gasteiger partial charge in [-0.05, 0) is 0 Å². The molecule has 0 fully saturated rings. The molecule has 15 heteroatoms. The molecule has 0 aliphatic heterocycles. The number of rotatable bonds is 4. The van der Waals surface area contributed by atoms with Gasteiger partial charge in [-0.25, -0.2) is 0 Å². The Balaban J connectivity index is 4.47. The maximum absolute atomic E-state index is 11.7. The Morgan fingerprint density at radius 1 is 0.882 bits per heavy atom. The molecule has 0 aromatic heterocycles. The van der Waals surface area contributed by atoms with Crippen molar-refractivity contribution in [1.82, 2.24) is 0 Å². The molecule has 2 N–H and O–H groups in total. The first-order valence-electron chi connectivity index (χ1n) is 2.98. The summed E-state index contributed by atoms with van der Waals surface area (Å²) in [7, 11) is -11.7. The van der Waals surface area contributed by atoms with Crippen LogP contribution in [0.25, 0.3) is 0 Å². The second-order valence-electron chi connectivity index (χ2n) is 2.09. The second-order valence-corrected chi connectivity index (χ2v) is 8.58. The zero-order valence-electron chi connectivity index (χ0n) is 7.11. The molecule has 17 heavy (non-hydrogen) atoms. The van der Waals surface area contributed by atoms with E-state index in [0.29, 0.717) is 0 Å². The minimum absolute atomic E-state index is 3.12. The van der Waals surface area contributed by atoms with E-state index in [-0.39, 0.29) is 0 Å². The molecule has 104 valence electrons. The fraction of sp³-hybridized carbons (Fsp3) is 1.00. The van der Waals surface area contributed by atoms with E-state index in [9.17, 15) is 34.8 Å². The summed E-state index contributed by atoms with van der Waals surface area (Å²) in [5, 5.41) is 0. The average Bonchev–Trinajstić information content (AvgIpc) is 1.98. The third kappa shape index (κ3) is 4.95. The van der Waals surface area contributed by atoms with E-state index in [1.807, 2.05) is 0 Å². The van der Waals surface area contributed by atoms with E-state index in [1.165, 1.54) is 0 Å². The molecule has 0 aromatic carbocycles. The maximum atomic E-state index is 11.7. The average molecular weight is 419 g/mol. The van der Waals surface area contributed by atoms with E-state index >= 15 is 0 Å². The van der Waals surface area contributed by atoms with Crippen molar-refractivity contribution in [2.45, 2.75) is 11.0 Å². The molecule has 0 bridgehead atoms. The predicted molar refractivity (Wildman–Crippen MR) is 41.8 cm³/mol. The summed E-state index contributed by atoms with van der Waals surface area (Å²) in [5.41, 5.74) is -11.5. The van der Waals surface area contributed by atoms with Gasteiger partial charge in [-0.1, -0.05) is 0 Å². The van der Waals surface area contributed by atoms with Crippen molar-refractivity contribution >= 4 is 43.0 Å². The Bertz CT molecular complexity index is 358. The quantitative estimate of drug-likeness (QED) is 0.409. The van der Waals surface area contributed by atoms with E-state index in [4.69, 9.17) is 9.11 Å². The van der Waals surface area contributed by atoms with Gasteiger partial charge in [0.05, 0.1) is 0 Å². The first kappa shape index (κ1) is 17.5. The second kappa shape index (κ2) is 5.25. The molecule has 0 spiro atoms. The number of hydrogen-bond acceptors (Lipinski definition) is 6. The molecule has 0 saturated carbocycles. The summed E-state index contributed by atoms with van der Waals surface area (Å²) in [6.07, 6.45) is 0. The van der Waals surface area contributed by atoms with Gasteiger partial charge in [0, 0.05) is 0 Å². The van der Waals surface area contributed by atoms with E-state index in [2.05, 4.69) is 5.04 Å². The monoisotopic (exact) mass is 420 g/mol. The predicted octanol–water partition coefficient (Wildman–Crippen LogP) is 1.59. The number of alkyl halides is 6. The molecule has 0 unspecified atom stereocenters. The Hall–Kier alpha value is 0.519. The fourth-order valence-corrected chi connectivity index (χ4v) is 4.60. The van der Waals surface area contributed by atoms with Gasteiger partial charge < -0.3 is 0 Å². The third-order valence-corrected chi connectivity index (χ3v) is 7.67. The zero-order chi connectivity index (χ0) is 14.1. The molecule has 0 amide bonds. The van der Waals surface area contributed by atoms with E-state index < -0.39 is 54.0 Å². The zero-order valence-corrected chi connectivity index (χ0v) is 11.6. The van der Waals surface area contributed by atoms with Gasteiger partial charge >= 0.3 is 103 Å². The Morgan fingerprint density at radius 2 is 1.29 bits per heavy atom. The molecule has 0 aliphatic rings. The van der Waals surface area contributed by atoms with Crippen molar-refractivity contribution in [2.75, 3.05) is 0 Å². The van der Waals surface area contributed by atoms with Crippen LogP contribution in [0.2, 0.25) is 0 Å². The summed E-state index contributed by atoms with van der Waals surface area (Å²) < 4.78 is 113. The molecule has 0 rings (SSSR count). The fourth-order valence-electron chi connectivity index (χ4n) is 0.201. The number of halogens is 6. The Labute approximate surface area is 103 Å². The molecular formula is C2H2F6O6S2Sn. The summed E-state index contributed by atoms with van der Waals surface area (Å²) in [5.74, 6) is 0.